The number of rotatable bonds is 3. The Hall–Kier alpha value is -0.930. The van der Waals surface area contributed by atoms with Crippen LogP contribution in [0.1, 0.15) is 5.56 Å². The van der Waals surface area contributed by atoms with Gasteiger partial charge >= 0.3 is 0 Å². The van der Waals surface area contributed by atoms with E-state index < -0.39 is 0 Å². The van der Waals surface area contributed by atoms with Crippen molar-refractivity contribution in [3.8, 4) is 5.75 Å². The molecule has 0 atom stereocenters. The molecule has 72 valence electrons. The van der Waals surface area contributed by atoms with Gasteiger partial charge in [-0.15, -0.1) is 0 Å². The predicted molar refractivity (Wildman–Crippen MR) is 55.2 cm³/mol. The van der Waals surface area contributed by atoms with E-state index in [2.05, 4.69) is 0 Å². The summed E-state index contributed by atoms with van der Waals surface area (Å²) in [6.45, 7) is 2.81. The third kappa shape index (κ3) is 2.50. The Morgan fingerprint density at radius 1 is 1.46 bits per heavy atom. The van der Waals surface area contributed by atoms with Crippen molar-refractivity contribution in [2.45, 2.75) is 6.92 Å². The minimum absolute atomic E-state index is 0.448. The summed E-state index contributed by atoms with van der Waals surface area (Å²) in [6, 6.07) is 3.50. The molecule has 0 aliphatic rings. The van der Waals surface area contributed by atoms with Crippen LogP contribution < -0.4 is 16.2 Å². The number of anilines is 1. The largest absolute Gasteiger partial charge is 0.490 e. The number of benzene rings is 1. The molecule has 13 heavy (non-hydrogen) atoms. The highest BCUT2D eigenvalue weighted by Crippen LogP contribution is 2.28. The molecule has 1 aromatic rings. The average molecular weight is 201 g/mol. The summed E-state index contributed by atoms with van der Waals surface area (Å²) in [5.74, 6) is 0.598. The molecule has 4 heteroatoms. The van der Waals surface area contributed by atoms with E-state index in [1.54, 1.807) is 12.1 Å². The van der Waals surface area contributed by atoms with E-state index in [1.165, 1.54) is 0 Å². The SMILES string of the molecule is Cc1cc(N)c(OCCN)cc1Cl. The smallest absolute Gasteiger partial charge is 0.143 e. The van der Waals surface area contributed by atoms with Gasteiger partial charge < -0.3 is 16.2 Å². The minimum Gasteiger partial charge on any atom is -0.490 e. The second-order valence-electron chi connectivity index (χ2n) is 2.78. The normalized spacial score (nSPS) is 10.1. The van der Waals surface area contributed by atoms with Gasteiger partial charge in [0.2, 0.25) is 0 Å². The van der Waals surface area contributed by atoms with Crippen LogP contribution in [0.15, 0.2) is 12.1 Å². The predicted octanol–water partition coefficient (Wildman–Crippen LogP) is 1.57. The van der Waals surface area contributed by atoms with Gasteiger partial charge in [0.15, 0.2) is 0 Å². The Morgan fingerprint density at radius 2 is 2.15 bits per heavy atom. The summed E-state index contributed by atoms with van der Waals surface area (Å²) in [5, 5.41) is 0.654. The molecule has 0 aromatic heterocycles. The van der Waals surface area contributed by atoms with Crippen molar-refractivity contribution >= 4 is 17.3 Å². The molecule has 0 saturated heterocycles. The fourth-order valence-electron chi connectivity index (χ4n) is 0.979. The van der Waals surface area contributed by atoms with Crippen LogP contribution in [0.25, 0.3) is 0 Å². The number of nitrogen functional groups attached to an aromatic ring is 1. The van der Waals surface area contributed by atoms with E-state index in [-0.39, 0.29) is 0 Å². The van der Waals surface area contributed by atoms with E-state index in [9.17, 15) is 0 Å². The van der Waals surface area contributed by atoms with E-state index in [0.717, 1.165) is 5.56 Å². The fraction of sp³-hybridized carbons (Fsp3) is 0.333. The summed E-state index contributed by atoms with van der Waals surface area (Å²) < 4.78 is 5.29. The minimum atomic E-state index is 0.448. The van der Waals surface area contributed by atoms with Gasteiger partial charge in [-0.05, 0) is 18.6 Å². The molecule has 1 rings (SSSR count). The van der Waals surface area contributed by atoms with Crippen molar-refractivity contribution in [1.29, 1.82) is 0 Å². The van der Waals surface area contributed by atoms with Crippen molar-refractivity contribution in [1.82, 2.24) is 0 Å². The van der Waals surface area contributed by atoms with Crippen LogP contribution in [0.2, 0.25) is 5.02 Å². The molecule has 1 aromatic carbocycles. The van der Waals surface area contributed by atoms with Crippen LogP contribution in [0.5, 0.6) is 5.75 Å². The molecule has 0 heterocycles. The molecule has 0 radical (unpaired) electrons. The zero-order valence-electron chi connectivity index (χ0n) is 7.51. The molecule has 0 fully saturated rings. The van der Waals surface area contributed by atoms with Crippen molar-refractivity contribution < 1.29 is 4.74 Å². The van der Waals surface area contributed by atoms with Crippen LogP contribution >= 0.6 is 11.6 Å². The van der Waals surface area contributed by atoms with E-state index >= 15 is 0 Å². The molecule has 0 bridgehead atoms. The lowest BCUT2D eigenvalue weighted by molar-refractivity contribution is 0.330. The van der Waals surface area contributed by atoms with Crippen LogP contribution in [0, 0.1) is 6.92 Å². The first-order valence-corrected chi connectivity index (χ1v) is 4.41. The van der Waals surface area contributed by atoms with E-state index in [4.69, 9.17) is 27.8 Å². The molecule has 0 spiro atoms. The highest BCUT2D eigenvalue weighted by molar-refractivity contribution is 6.31. The molecule has 0 unspecified atom stereocenters. The quantitative estimate of drug-likeness (QED) is 0.729. The highest BCUT2D eigenvalue weighted by atomic mass is 35.5. The number of hydrogen-bond acceptors (Lipinski definition) is 3. The fourth-order valence-corrected chi connectivity index (χ4v) is 1.13. The van der Waals surface area contributed by atoms with Gasteiger partial charge in [0.05, 0.1) is 5.69 Å². The Kier molecular flexibility index (Phi) is 3.39. The van der Waals surface area contributed by atoms with Gasteiger partial charge in [-0.1, -0.05) is 11.6 Å². The number of ether oxygens (including phenoxy) is 1. The second-order valence-corrected chi connectivity index (χ2v) is 3.18. The summed E-state index contributed by atoms with van der Waals surface area (Å²) in [6.07, 6.45) is 0. The highest BCUT2D eigenvalue weighted by Gasteiger charge is 2.03. The molecule has 4 N–H and O–H groups in total. The topological polar surface area (TPSA) is 61.3 Å². The zero-order chi connectivity index (χ0) is 9.84. The summed E-state index contributed by atoms with van der Waals surface area (Å²) >= 11 is 5.90. The van der Waals surface area contributed by atoms with Crippen molar-refractivity contribution in [3.05, 3.63) is 22.7 Å². The van der Waals surface area contributed by atoms with E-state index in [0.29, 0.717) is 29.6 Å². The van der Waals surface area contributed by atoms with Gasteiger partial charge in [-0.25, -0.2) is 0 Å². The van der Waals surface area contributed by atoms with Crippen LogP contribution in [-0.2, 0) is 0 Å². The lowest BCUT2D eigenvalue weighted by atomic mass is 10.2. The third-order valence-electron chi connectivity index (χ3n) is 1.67. The van der Waals surface area contributed by atoms with Gasteiger partial charge in [0.1, 0.15) is 12.4 Å². The lowest BCUT2D eigenvalue weighted by Gasteiger charge is -2.09. The maximum atomic E-state index is 5.90. The van der Waals surface area contributed by atoms with Crippen LogP contribution in [-0.4, -0.2) is 13.2 Å². The first-order valence-electron chi connectivity index (χ1n) is 4.03. The van der Waals surface area contributed by atoms with Crippen LogP contribution in [0.4, 0.5) is 5.69 Å². The average Bonchev–Trinajstić information content (AvgIpc) is 2.09. The van der Waals surface area contributed by atoms with Crippen LogP contribution in [0.3, 0.4) is 0 Å². The molecular formula is C9H13ClN2O. The number of halogens is 1. The maximum absolute atomic E-state index is 5.90. The lowest BCUT2D eigenvalue weighted by Crippen LogP contribution is -2.11. The molecule has 0 aliphatic carbocycles. The maximum Gasteiger partial charge on any atom is 0.143 e. The zero-order valence-corrected chi connectivity index (χ0v) is 8.27. The number of nitrogens with two attached hydrogens (primary N) is 2. The molecular weight excluding hydrogens is 188 g/mol. The Labute approximate surface area is 82.6 Å². The van der Waals surface area contributed by atoms with Gasteiger partial charge in [0.25, 0.3) is 0 Å². The molecule has 3 nitrogen and oxygen atoms in total. The summed E-state index contributed by atoms with van der Waals surface area (Å²) in [5.41, 5.74) is 12.5. The van der Waals surface area contributed by atoms with Crippen molar-refractivity contribution in [3.63, 3.8) is 0 Å². The van der Waals surface area contributed by atoms with Crippen molar-refractivity contribution in [2.75, 3.05) is 18.9 Å². The molecule has 0 saturated carbocycles. The monoisotopic (exact) mass is 200 g/mol. The van der Waals surface area contributed by atoms with Crippen molar-refractivity contribution in [2.24, 2.45) is 5.73 Å². The molecule has 0 amide bonds. The summed E-state index contributed by atoms with van der Waals surface area (Å²) in [4.78, 5) is 0. The number of hydrogen-bond donors (Lipinski definition) is 2. The Morgan fingerprint density at radius 3 is 2.77 bits per heavy atom. The Balaban J connectivity index is 2.88. The van der Waals surface area contributed by atoms with Gasteiger partial charge in [-0.3, -0.25) is 0 Å². The van der Waals surface area contributed by atoms with Gasteiger partial charge in [0, 0.05) is 17.6 Å². The third-order valence-corrected chi connectivity index (χ3v) is 2.07. The second kappa shape index (κ2) is 4.35. The standard InChI is InChI=1S/C9H13ClN2O/c1-6-4-8(12)9(5-7(6)10)13-3-2-11/h4-5H,2-3,11-12H2,1H3. The first kappa shape index (κ1) is 10.2. The van der Waals surface area contributed by atoms with E-state index in [1.807, 2.05) is 6.92 Å². The van der Waals surface area contributed by atoms with Gasteiger partial charge in [-0.2, -0.15) is 0 Å². The first-order chi connectivity index (χ1) is 6.15. The summed E-state index contributed by atoms with van der Waals surface area (Å²) in [7, 11) is 0. The number of aryl methyl sites for hydroxylation is 1. The Bertz CT molecular complexity index is 302. The molecule has 0 aliphatic heterocycles.